The Hall–Kier alpha value is -0.490. The van der Waals surface area contributed by atoms with Gasteiger partial charge in [0.05, 0.1) is 16.9 Å². The van der Waals surface area contributed by atoms with Crippen LogP contribution in [0, 0.1) is 6.92 Å². The molecular weight excluding hydrogens is 252 g/mol. The number of hydrogen-bond donors (Lipinski definition) is 1. The van der Waals surface area contributed by atoms with Crippen LogP contribution in [0.5, 0.6) is 0 Å². The third-order valence-corrected chi connectivity index (χ3v) is 3.89. The lowest BCUT2D eigenvalue weighted by atomic mass is 10.2. The molecule has 80 valence electrons. The van der Waals surface area contributed by atoms with Gasteiger partial charge in [-0.15, -0.1) is 22.7 Å². The summed E-state index contributed by atoms with van der Waals surface area (Å²) in [5, 5.41) is 13.5. The van der Waals surface area contributed by atoms with Crippen molar-refractivity contribution >= 4 is 34.3 Å². The largest absolute Gasteiger partial charge is 0.386 e. The van der Waals surface area contributed by atoms with Gasteiger partial charge in [0.1, 0.15) is 15.4 Å². The van der Waals surface area contributed by atoms with Crippen molar-refractivity contribution < 1.29 is 5.11 Å². The SMILES string of the molecule is Cc1nc(CC(O)c2ncc(Cl)s2)cs1. The van der Waals surface area contributed by atoms with Gasteiger partial charge in [-0.3, -0.25) is 0 Å². The van der Waals surface area contributed by atoms with Crippen LogP contribution in [0.4, 0.5) is 0 Å². The highest BCUT2D eigenvalue weighted by atomic mass is 35.5. The molecule has 0 radical (unpaired) electrons. The summed E-state index contributed by atoms with van der Waals surface area (Å²) in [5.74, 6) is 0. The van der Waals surface area contributed by atoms with Crippen LogP contribution in [0.1, 0.15) is 21.8 Å². The highest BCUT2D eigenvalue weighted by Crippen LogP contribution is 2.26. The van der Waals surface area contributed by atoms with E-state index in [9.17, 15) is 5.11 Å². The first-order valence-electron chi connectivity index (χ1n) is 4.35. The topological polar surface area (TPSA) is 46.0 Å². The molecule has 2 rings (SSSR count). The zero-order valence-corrected chi connectivity index (χ0v) is 10.4. The number of aliphatic hydroxyl groups excluding tert-OH is 1. The summed E-state index contributed by atoms with van der Waals surface area (Å²) in [4.78, 5) is 8.32. The molecule has 2 heterocycles. The second-order valence-corrected chi connectivity index (χ2v) is 5.84. The van der Waals surface area contributed by atoms with Crippen molar-refractivity contribution in [2.45, 2.75) is 19.4 Å². The van der Waals surface area contributed by atoms with Crippen LogP contribution >= 0.6 is 34.3 Å². The monoisotopic (exact) mass is 260 g/mol. The van der Waals surface area contributed by atoms with Crippen molar-refractivity contribution in [2.75, 3.05) is 0 Å². The molecule has 6 heteroatoms. The maximum absolute atomic E-state index is 9.85. The van der Waals surface area contributed by atoms with Gasteiger partial charge in [-0.1, -0.05) is 11.6 Å². The van der Waals surface area contributed by atoms with E-state index in [0.29, 0.717) is 15.8 Å². The van der Waals surface area contributed by atoms with Crippen LogP contribution in [-0.2, 0) is 6.42 Å². The number of rotatable bonds is 3. The molecule has 1 N–H and O–H groups in total. The summed E-state index contributed by atoms with van der Waals surface area (Å²) >= 11 is 8.63. The molecule has 0 aliphatic heterocycles. The number of hydrogen-bond acceptors (Lipinski definition) is 5. The van der Waals surface area contributed by atoms with Gasteiger partial charge in [-0.2, -0.15) is 0 Å². The molecule has 0 amide bonds. The molecule has 0 fully saturated rings. The minimum absolute atomic E-state index is 0.494. The van der Waals surface area contributed by atoms with Gasteiger partial charge in [0.15, 0.2) is 0 Å². The van der Waals surface area contributed by atoms with E-state index in [2.05, 4.69) is 9.97 Å². The van der Waals surface area contributed by atoms with Gasteiger partial charge in [-0.25, -0.2) is 9.97 Å². The highest BCUT2D eigenvalue weighted by Gasteiger charge is 2.14. The summed E-state index contributed by atoms with van der Waals surface area (Å²) in [6.45, 7) is 1.95. The number of aryl methyl sites for hydroxylation is 1. The molecule has 0 aliphatic rings. The van der Waals surface area contributed by atoms with Crippen LogP contribution in [0.15, 0.2) is 11.6 Å². The molecule has 3 nitrogen and oxygen atoms in total. The Bertz CT molecular complexity index is 454. The molecule has 0 saturated carbocycles. The smallest absolute Gasteiger partial charge is 0.123 e. The van der Waals surface area contributed by atoms with E-state index < -0.39 is 6.10 Å². The first-order valence-corrected chi connectivity index (χ1v) is 6.43. The third-order valence-electron chi connectivity index (χ3n) is 1.85. The molecule has 0 saturated heterocycles. The average molecular weight is 261 g/mol. The Morgan fingerprint density at radius 3 is 2.93 bits per heavy atom. The van der Waals surface area contributed by atoms with Crippen molar-refractivity contribution in [1.82, 2.24) is 9.97 Å². The van der Waals surface area contributed by atoms with Gasteiger partial charge in [0.2, 0.25) is 0 Å². The summed E-state index contributed by atoms with van der Waals surface area (Å²) < 4.78 is 0.596. The standard InChI is InChI=1S/C9H9ClN2OS2/c1-5-12-6(4-14-5)2-7(13)9-11-3-8(10)15-9/h3-4,7,13H,2H2,1H3. The Morgan fingerprint density at radius 1 is 1.60 bits per heavy atom. The van der Waals surface area contributed by atoms with Crippen molar-refractivity contribution in [2.24, 2.45) is 0 Å². The van der Waals surface area contributed by atoms with E-state index in [4.69, 9.17) is 11.6 Å². The molecule has 0 aromatic carbocycles. The molecule has 2 aromatic heterocycles. The van der Waals surface area contributed by atoms with Crippen molar-refractivity contribution in [3.05, 3.63) is 31.6 Å². The predicted octanol–water partition coefficient (Wildman–Crippen LogP) is 2.84. The van der Waals surface area contributed by atoms with Gasteiger partial charge in [0.25, 0.3) is 0 Å². The lowest BCUT2D eigenvalue weighted by Gasteiger charge is -2.03. The van der Waals surface area contributed by atoms with E-state index in [1.165, 1.54) is 11.3 Å². The number of nitrogens with zero attached hydrogens (tertiary/aromatic N) is 2. The third kappa shape index (κ3) is 2.75. The normalized spacial score (nSPS) is 13.0. The number of aliphatic hydroxyl groups is 1. The van der Waals surface area contributed by atoms with Gasteiger partial charge >= 0.3 is 0 Å². The Labute approximate surface area is 100 Å². The van der Waals surface area contributed by atoms with Crippen LogP contribution in [-0.4, -0.2) is 15.1 Å². The van der Waals surface area contributed by atoms with Crippen LogP contribution in [0.25, 0.3) is 0 Å². The van der Waals surface area contributed by atoms with Crippen molar-refractivity contribution in [3.63, 3.8) is 0 Å². The molecule has 0 bridgehead atoms. The summed E-state index contributed by atoms with van der Waals surface area (Å²) in [7, 11) is 0. The fourth-order valence-corrected chi connectivity index (χ4v) is 2.75. The zero-order valence-electron chi connectivity index (χ0n) is 7.98. The molecule has 1 unspecified atom stereocenters. The zero-order chi connectivity index (χ0) is 10.8. The second-order valence-electron chi connectivity index (χ2n) is 3.08. The first-order chi connectivity index (χ1) is 7.15. The average Bonchev–Trinajstić information content (AvgIpc) is 2.75. The Kier molecular flexibility index (Phi) is 3.35. The van der Waals surface area contributed by atoms with E-state index in [0.717, 1.165) is 10.7 Å². The maximum atomic E-state index is 9.85. The molecule has 0 spiro atoms. The van der Waals surface area contributed by atoms with Gasteiger partial charge < -0.3 is 5.11 Å². The molecule has 0 aliphatic carbocycles. The van der Waals surface area contributed by atoms with E-state index in [1.54, 1.807) is 17.5 Å². The highest BCUT2D eigenvalue weighted by molar-refractivity contribution is 7.15. The fraction of sp³-hybridized carbons (Fsp3) is 0.333. The lowest BCUT2D eigenvalue weighted by Crippen LogP contribution is -2.01. The minimum atomic E-state index is -0.607. The molecule has 2 aromatic rings. The van der Waals surface area contributed by atoms with Gasteiger partial charge in [-0.05, 0) is 6.92 Å². The van der Waals surface area contributed by atoms with Crippen LogP contribution < -0.4 is 0 Å². The summed E-state index contributed by atoms with van der Waals surface area (Å²) in [6.07, 6.45) is 1.44. The summed E-state index contributed by atoms with van der Waals surface area (Å²) in [5.41, 5.74) is 0.899. The molecule has 1 atom stereocenters. The molecular formula is C9H9ClN2OS2. The van der Waals surface area contributed by atoms with E-state index >= 15 is 0 Å². The van der Waals surface area contributed by atoms with Crippen molar-refractivity contribution in [3.8, 4) is 0 Å². The quantitative estimate of drug-likeness (QED) is 0.923. The fourth-order valence-electron chi connectivity index (χ4n) is 1.21. The van der Waals surface area contributed by atoms with Gasteiger partial charge in [0, 0.05) is 11.8 Å². The van der Waals surface area contributed by atoms with E-state index in [1.807, 2.05) is 12.3 Å². The van der Waals surface area contributed by atoms with Crippen LogP contribution in [0.3, 0.4) is 0 Å². The second kappa shape index (κ2) is 4.57. The number of aromatic nitrogens is 2. The number of halogens is 1. The number of thiazole rings is 2. The van der Waals surface area contributed by atoms with Crippen molar-refractivity contribution in [1.29, 1.82) is 0 Å². The first kappa shape index (κ1) is 11.0. The summed E-state index contributed by atoms with van der Waals surface area (Å²) in [6, 6.07) is 0. The van der Waals surface area contributed by atoms with E-state index in [-0.39, 0.29) is 0 Å². The minimum Gasteiger partial charge on any atom is -0.386 e. The molecule has 15 heavy (non-hydrogen) atoms. The predicted molar refractivity (Wildman–Crippen MR) is 62.6 cm³/mol. The Balaban J connectivity index is 2.06. The Morgan fingerprint density at radius 2 is 2.40 bits per heavy atom. The van der Waals surface area contributed by atoms with Crippen LogP contribution in [0.2, 0.25) is 4.34 Å². The lowest BCUT2D eigenvalue weighted by molar-refractivity contribution is 0.177. The maximum Gasteiger partial charge on any atom is 0.123 e.